The summed E-state index contributed by atoms with van der Waals surface area (Å²) in [7, 11) is 0. The molecule has 0 unspecified atom stereocenters. The van der Waals surface area contributed by atoms with Gasteiger partial charge in [-0.25, -0.2) is 0 Å². The first kappa shape index (κ1) is 14.8. The minimum Gasteiger partial charge on any atom is -0.494 e. The summed E-state index contributed by atoms with van der Waals surface area (Å²) in [6.45, 7) is 10.6. The van der Waals surface area contributed by atoms with Gasteiger partial charge in [0.2, 0.25) is 0 Å². The third-order valence-corrected chi connectivity index (χ3v) is 2.47. The summed E-state index contributed by atoms with van der Waals surface area (Å²) >= 11 is 0. The van der Waals surface area contributed by atoms with Crippen LogP contribution in [0.1, 0.15) is 17.3 Å². The van der Waals surface area contributed by atoms with E-state index in [0.717, 1.165) is 0 Å². The van der Waals surface area contributed by atoms with Gasteiger partial charge in [-0.2, -0.15) is 0 Å². The molecule has 0 spiro atoms. The van der Waals surface area contributed by atoms with Crippen LogP contribution in [0.5, 0.6) is 5.75 Å². The molecule has 0 saturated carbocycles. The van der Waals surface area contributed by atoms with Crippen LogP contribution in [0.3, 0.4) is 0 Å². The van der Waals surface area contributed by atoms with E-state index in [0.29, 0.717) is 36.7 Å². The fourth-order valence-electron chi connectivity index (χ4n) is 1.73. The van der Waals surface area contributed by atoms with Gasteiger partial charge in [-0.1, -0.05) is 12.2 Å². The smallest absolute Gasteiger partial charge is 0.254 e. The molecule has 0 bridgehead atoms. The number of carbonyl (C=O) groups is 1. The Bertz CT molecular complexity index is 459. The Labute approximate surface area is 114 Å². The molecule has 0 aliphatic heterocycles. The van der Waals surface area contributed by atoms with E-state index in [1.54, 1.807) is 35.3 Å². The van der Waals surface area contributed by atoms with Gasteiger partial charge < -0.3 is 15.4 Å². The van der Waals surface area contributed by atoms with Crippen molar-refractivity contribution in [1.82, 2.24) is 4.90 Å². The van der Waals surface area contributed by atoms with Gasteiger partial charge in [0.1, 0.15) is 5.75 Å². The predicted molar refractivity (Wildman–Crippen MR) is 78.3 cm³/mol. The molecule has 1 amide bonds. The van der Waals surface area contributed by atoms with Gasteiger partial charge in [-0.05, 0) is 19.1 Å². The maximum absolute atomic E-state index is 12.4. The van der Waals surface area contributed by atoms with E-state index in [9.17, 15) is 4.79 Å². The molecule has 0 atom stereocenters. The Morgan fingerprint density at radius 3 is 2.47 bits per heavy atom. The summed E-state index contributed by atoms with van der Waals surface area (Å²) in [5.74, 6) is 0.482. The summed E-state index contributed by atoms with van der Waals surface area (Å²) in [6, 6.07) is 5.04. The number of carbonyl (C=O) groups excluding carboxylic acids is 1. The summed E-state index contributed by atoms with van der Waals surface area (Å²) in [5.41, 5.74) is 6.80. The molecule has 0 heterocycles. The predicted octanol–water partition coefficient (Wildman–Crippen LogP) is 2.48. The molecular formula is C15H20N2O2. The Balaban J connectivity index is 3.02. The van der Waals surface area contributed by atoms with Crippen LogP contribution in [-0.2, 0) is 0 Å². The third kappa shape index (κ3) is 4.17. The van der Waals surface area contributed by atoms with Gasteiger partial charge >= 0.3 is 0 Å². The molecule has 4 heteroatoms. The number of hydrogen-bond donors (Lipinski definition) is 1. The van der Waals surface area contributed by atoms with E-state index in [1.165, 1.54) is 0 Å². The van der Waals surface area contributed by atoms with Crippen LogP contribution in [0.15, 0.2) is 43.5 Å². The minimum absolute atomic E-state index is 0.118. The number of hydrogen-bond acceptors (Lipinski definition) is 3. The number of benzene rings is 1. The average molecular weight is 260 g/mol. The maximum Gasteiger partial charge on any atom is 0.254 e. The molecule has 19 heavy (non-hydrogen) atoms. The standard InChI is InChI=1S/C15H20N2O2/c1-4-7-17(8-5-2)15(18)12-9-13(16)11-14(10-12)19-6-3/h4-5,9-11H,1-2,6-8,16H2,3H3. The van der Waals surface area contributed by atoms with Gasteiger partial charge in [0, 0.05) is 30.4 Å². The van der Waals surface area contributed by atoms with Crippen molar-refractivity contribution in [1.29, 1.82) is 0 Å². The van der Waals surface area contributed by atoms with Crippen LogP contribution in [0.2, 0.25) is 0 Å². The highest BCUT2D eigenvalue weighted by molar-refractivity contribution is 5.95. The topological polar surface area (TPSA) is 55.6 Å². The molecule has 102 valence electrons. The van der Waals surface area contributed by atoms with Crippen LogP contribution in [-0.4, -0.2) is 30.5 Å². The van der Waals surface area contributed by atoms with E-state index in [4.69, 9.17) is 10.5 Å². The lowest BCUT2D eigenvalue weighted by molar-refractivity contribution is 0.0790. The van der Waals surface area contributed by atoms with E-state index >= 15 is 0 Å². The van der Waals surface area contributed by atoms with Crippen LogP contribution >= 0.6 is 0 Å². The van der Waals surface area contributed by atoms with Crippen LogP contribution < -0.4 is 10.5 Å². The van der Waals surface area contributed by atoms with E-state index in [-0.39, 0.29) is 5.91 Å². The fourth-order valence-corrected chi connectivity index (χ4v) is 1.73. The molecular weight excluding hydrogens is 240 g/mol. The number of ether oxygens (including phenoxy) is 1. The molecule has 2 N–H and O–H groups in total. The van der Waals surface area contributed by atoms with Gasteiger partial charge in [-0.15, -0.1) is 13.2 Å². The number of amides is 1. The number of nitrogen functional groups attached to an aromatic ring is 1. The molecule has 1 aromatic carbocycles. The number of rotatable bonds is 7. The SMILES string of the molecule is C=CCN(CC=C)C(=O)c1cc(N)cc(OCC)c1. The highest BCUT2D eigenvalue weighted by Crippen LogP contribution is 2.20. The van der Waals surface area contributed by atoms with Crippen molar-refractivity contribution in [2.24, 2.45) is 0 Å². The number of nitrogens with zero attached hydrogens (tertiary/aromatic N) is 1. The minimum atomic E-state index is -0.118. The summed E-state index contributed by atoms with van der Waals surface area (Å²) in [4.78, 5) is 14.0. The van der Waals surface area contributed by atoms with Gasteiger partial charge in [0.05, 0.1) is 6.61 Å². The van der Waals surface area contributed by atoms with Gasteiger partial charge in [-0.3, -0.25) is 4.79 Å². The lowest BCUT2D eigenvalue weighted by atomic mass is 10.1. The third-order valence-electron chi connectivity index (χ3n) is 2.47. The lowest BCUT2D eigenvalue weighted by Crippen LogP contribution is -2.31. The first-order valence-electron chi connectivity index (χ1n) is 6.16. The zero-order valence-corrected chi connectivity index (χ0v) is 11.3. The van der Waals surface area contributed by atoms with Crippen molar-refractivity contribution in [3.05, 3.63) is 49.1 Å². The quantitative estimate of drug-likeness (QED) is 0.605. The molecule has 1 rings (SSSR count). The van der Waals surface area contributed by atoms with Crippen LogP contribution in [0.4, 0.5) is 5.69 Å². The van der Waals surface area contributed by atoms with Crippen molar-refractivity contribution in [3.8, 4) is 5.75 Å². The second kappa shape index (κ2) is 7.26. The molecule has 0 aliphatic rings. The zero-order valence-electron chi connectivity index (χ0n) is 11.3. The van der Waals surface area contributed by atoms with E-state index < -0.39 is 0 Å². The average Bonchev–Trinajstić information content (AvgIpc) is 2.37. The Morgan fingerprint density at radius 2 is 1.95 bits per heavy atom. The second-order valence-corrected chi connectivity index (χ2v) is 4.01. The lowest BCUT2D eigenvalue weighted by Gasteiger charge is -2.20. The van der Waals surface area contributed by atoms with Crippen molar-refractivity contribution in [3.63, 3.8) is 0 Å². The first-order chi connectivity index (χ1) is 9.12. The van der Waals surface area contributed by atoms with Gasteiger partial charge in [0.25, 0.3) is 5.91 Å². The number of nitrogens with two attached hydrogens (primary N) is 1. The highest BCUT2D eigenvalue weighted by atomic mass is 16.5. The molecule has 0 saturated heterocycles. The van der Waals surface area contributed by atoms with Crippen molar-refractivity contribution < 1.29 is 9.53 Å². The largest absolute Gasteiger partial charge is 0.494 e. The van der Waals surface area contributed by atoms with Gasteiger partial charge in [0.15, 0.2) is 0 Å². The number of anilines is 1. The molecule has 0 aromatic heterocycles. The zero-order chi connectivity index (χ0) is 14.3. The van der Waals surface area contributed by atoms with Crippen molar-refractivity contribution in [2.75, 3.05) is 25.4 Å². The van der Waals surface area contributed by atoms with Crippen LogP contribution in [0, 0.1) is 0 Å². The monoisotopic (exact) mass is 260 g/mol. The molecule has 1 aromatic rings. The highest BCUT2D eigenvalue weighted by Gasteiger charge is 2.14. The maximum atomic E-state index is 12.4. The first-order valence-corrected chi connectivity index (χ1v) is 6.16. The normalized spacial score (nSPS) is 9.74. The molecule has 0 fully saturated rings. The summed E-state index contributed by atoms with van der Waals surface area (Å²) < 4.78 is 5.39. The molecule has 0 aliphatic carbocycles. The van der Waals surface area contributed by atoms with Crippen molar-refractivity contribution in [2.45, 2.75) is 6.92 Å². The Kier molecular flexibility index (Phi) is 5.67. The second-order valence-electron chi connectivity index (χ2n) is 4.01. The summed E-state index contributed by atoms with van der Waals surface area (Å²) in [6.07, 6.45) is 3.36. The Morgan fingerprint density at radius 1 is 1.32 bits per heavy atom. The molecule has 0 radical (unpaired) electrons. The van der Waals surface area contributed by atoms with Crippen LogP contribution in [0.25, 0.3) is 0 Å². The van der Waals surface area contributed by atoms with Crippen molar-refractivity contribution >= 4 is 11.6 Å². The Hall–Kier alpha value is -2.23. The molecule has 4 nitrogen and oxygen atoms in total. The van der Waals surface area contributed by atoms with E-state index in [1.807, 2.05) is 6.92 Å². The fraction of sp³-hybridized carbons (Fsp3) is 0.267. The summed E-state index contributed by atoms with van der Waals surface area (Å²) in [5, 5.41) is 0. The van der Waals surface area contributed by atoms with E-state index in [2.05, 4.69) is 13.2 Å².